The number of benzene rings is 1. The van der Waals surface area contributed by atoms with Crippen molar-refractivity contribution in [1.82, 2.24) is 4.98 Å². The van der Waals surface area contributed by atoms with Gasteiger partial charge in [-0.3, -0.25) is 0 Å². The van der Waals surface area contributed by atoms with Gasteiger partial charge in [0.25, 0.3) is 0 Å². The molecule has 0 fully saturated rings. The van der Waals surface area contributed by atoms with Gasteiger partial charge in [0, 0.05) is 16.6 Å². The van der Waals surface area contributed by atoms with Crippen molar-refractivity contribution in [2.24, 2.45) is 0 Å². The lowest BCUT2D eigenvalue weighted by Gasteiger charge is -2.09. The number of hydrogen-bond acceptors (Lipinski definition) is 6. The first-order valence-corrected chi connectivity index (χ1v) is 6.86. The highest BCUT2D eigenvalue weighted by atomic mass is 32.1. The molecular formula is C14H16N2O3S. The summed E-state index contributed by atoms with van der Waals surface area (Å²) in [5.74, 6) is -0.0474. The van der Waals surface area contributed by atoms with Gasteiger partial charge in [-0.1, -0.05) is 0 Å². The van der Waals surface area contributed by atoms with E-state index in [9.17, 15) is 4.79 Å². The second-order valence-electron chi connectivity index (χ2n) is 4.29. The van der Waals surface area contributed by atoms with Gasteiger partial charge < -0.3 is 15.2 Å². The van der Waals surface area contributed by atoms with Crippen LogP contribution < -0.4 is 10.5 Å². The van der Waals surface area contributed by atoms with Gasteiger partial charge in [-0.25, -0.2) is 9.78 Å². The summed E-state index contributed by atoms with van der Waals surface area (Å²) in [5, 5.41) is 0.859. The van der Waals surface area contributed by atoms with Crippen LogP contribution in [0.2, 0.25) is 0 Å². The minimum Gasteiger partial charge on any atom is -0.485 e. The number of anilines is 1. The molecule has 1 aromatic carbocycles. The molecule has 0 unspecified atom stereocenters. The Morgan fingerprint density at radius 2 is 2.15 bits per heavy atom. The Hall–Kier alpha value is -2.08. The fourth-order valence-corrected chi connectivity index (χ4v) is 2.52. The summed E-state index contributed by atoms with van der Waals surface area (Å²) in [6.07, 6.45) is 0. The molecule has 0 saturated heterocycles. The Balaban J connectivity index is 2.19. The molecule has 2 rings (SSSR count). The predicted molar refractivity (Wildman–Crippen MR) is 78.1 cm³/mol. The maximum Gasteiger partial charge on any atom is 0.341 e. The summed E-state index contributed by atoms with van der Waals surface area (Å²) >= 11 is 1.57. The van der Waals surface area contributed by atoms with Crippen molar-refractivity contribution in [3.05, 3.63) is 39.3 Å². The normalized spacial score (nSPS) is 10.3. The molecule has 2 aromatic rings. The Kier molecular flexibility index (Phi) is 4.24. The van der Waals surface area contributed by atoms with Gasteiger partial charge in [0.15, 0.2) is 0 Å². The van der Waals surface area contributed by atoms with Crippen molar-refractivity contribution in [2.45, 2.75) is 20.5 Å². The van der Waals surface area contributed by atoms with E-state index in [1.165, 1.54) is 7.11 Å². The highest BCUT2D eigenvalue weighted by Gasteiger charge is 2.14. The molecule has 2 N–H and O–H groups in total. The first kappa shape index (κ1) is 14.3. The van der Waals surface area contributed by atoms with Gasteiger partial charge in [0.2, 0.25) is 0 Å². The summed E-state index contributed by atoms with van der Waals surface area (Å²) in [7, 11) is 1.33. The summed E-state index contributed by atoms with van der Waals surface area (Å²) < 4.78 is 10.4. The Labute approximate surface area is 121 Å². The van der Waals surface area contributed by atoms with Crippen LogP contribution in [0.15, 0.2) is 18.2 Å². The first-order chi connectivity index (χ1) is 9.51. The number of methoxy groups -OCH3 is 1. The highest BCUT2D eigenvalue weighted by Crippen LogP contribution is 2.25. The number of ether oxygens (including phenoxy) is 2. The number of carbonyl (C=O) groups is 1. The average molecular weight is 292 g/mol. The predicted octanol–water partition coefficient (Wildman–Crippen LogP) is 2.71. The van der Waals surface area contributed by atoms with Crippen LogP contribution in [0.25, 0.3) is 0 Å². The van der Waals surface area contributed by atoms with Crippen molar-refractivity contribution in [3.8, 4) is 5.75 Å². The molecule has 0 aliphatic heterocycles. The van der Waals surface area contributed by atoms with E-state index >= 15 is 0 Å². The van der Waals surface area contributed by atoms with Crippen molar-refractivity contribution >= 4 is 23.0 Å². The number of nitrogen functional groups attached to an aromatic ring is 1. The fraction of sp³-hybridized carbons (Fsp3) is 0.286. The van der Waals surface area contributed by atoms with Gasteiger partial charge in [-0.15, -0.1) is 11.3 Å². The largest absolute Gasteiger partial charge is 0.485 e. The summed E-state index contributed by atoms with van der Waals surface area (Å²) in [6, 6.07) is 4.84. The number of nitrogens with two attached hydrogens (primary N) is 1. The minimum atomic E-state index is -0.452. The van der Waals surface area contributed by atoms with E-state index in [2.05, 4.69) is 4.98 Å². The maximum absolute atomic E-state index is 11.7. The van der Waals surface area contributed by atoms with Gasteiger partial charge in [0.1, 0.15) is 22.9 Å². The average Bonchev–Trinajstić information content (AvgIpc) is 2.75. The van der Waals surface area contributed by atoms with Gasteiger partial charge in [-0.2, -0.15) is 0 Å². The lowest BCUT2D eigenvalue weighted by molar-refractivity contribution is 0.0595. The monoisotopic (exact) mass is 292 g/mol. The molecule has 1 heterocycles. The third-order valence-electron chi connectivity index (χ3n) is 2.83. The van der Waals surface area contributed by atoms with Crippen molar-refractivity contribution in [1.29, 1.82) is 0 Å². The van der Waals surface area contributed by atoms with Crippen LogP contribution in [-0.4, -0.2) is 18.1 Å². The summed E-state index contributed by atoms with van der Waals surface area (Å²) in [5.41, 5.74) is 7.60. The zero-order chi connectivity index (χ0) is 14.7. The van der Waals surface area contributed by atoms with Crippen LogP contribution >= 0.6 is 11.3 Å². The molecule has 0 radical (unpaired) electrons. The Bertz CT molecular complexity index is 618. The second-order valence-corrected chi connectivity index (χ2v) is 5.57. The number of hydrogen-bond donors (Lipinski definition) is 1. The SMILES string of the molecule is COC(=O)c1ccc(N)cc1OCc1nc(C)c(C)s1. The van der Waals surface area contributed by atoms with Crippen LogP contribution in [0.1, 0.15) is 25.9 Å². The zero-order valence-electron chi connectivity index (χ0n) is 11.6. The third-order valence-corrected chi connectivity index (χ3v) is 3.88. The molecule has 0 aliphatic rings. The summed E-state index contributed by atoms with van der Waals surface area (Å²) in [4.78, 5) is 17.2. The number of thiazole rings is 1. The van der Waals surface area contributed by atoms with E-state index < -0.39 is 5.97 Å². The highest BCUT2D eigenvalue weighted by molar-refractivity contribution is 7.11. The van der Waals surface area contributed by atoms with E-state index in [0.717, 1.165) is 15.6 Å². The quantitative estimate of drug-likeness (QED) is 0.692. The molecule has 6 heteroatoms. The van der Waals surface area contributed by atoms with Crippen LogP contribution in [0.3, 0.4) is 0 Å². The lowest BCUT2D eigenvalue weighted by atomic mass is 10.2. The number of aromatic nitrogens is 1. The molecular weight excluding hydrogens is 276 g/mol. The molecule has 0 amide bonds. The standard InChI is InChI=1S/C14H16N2O3S/c1-8-9(2)20-13(16-8)7-19-12-6-10(15)4-5-11(12)14(17)18-3/h4-6H,7,15H2,1-3H3. The fourth-order valence-electron chi connectivity index (χ4n) is 1.68. The van der Waals surface area contributed by atoms with Crippen LogP contribution in [0.4, 0.5) is 5.69 Å². The minimum absolute atomic E-state index is 0.298. The van der Waals surface area contributed by atoms with Gasteiger partial charge >= 0.3 is 5.97 Å². The third kappa shape index (κ3) is 3.08. The molecule has 1 aromatic heterocycles. The van der Waals surface area contributed by atoms with Crippen molar-refractivity contribution in [3.63, 3.8) is 0 Å². The molecule has 0 aliphatic carbocycles. The summed E-state index contributed by atoms with van der Waals surface area (Å²) in [6.45, 7) is 4.26. The Morgan fingerprint density at radius 3 is 2.75 bits per heavy atom. The van der Waals surface area contributed by atoms with E-state index in [4.69, 9.17) is 15.2 Å². The van der Waals surface area contributed by atoms with Crippen LogP contribution in [-0.2, 0) is 11.3 Å². The number of carbonyl (C=O) groups excluding carboxylic acids is 1. The first-order valence-electron chi connectivity index (χ1n) is 6.05. The molecule has 5 nitrogen and oxygen atoms in total. The number of aryl methyl sites for hydroxylation is 2. The van der Waals surface area contributed by atoms with Gasteiger partial charge in [-0.05, 0) is 26.0 Å². The number of rotatable bonds is 4. The molecule has 0 bridgehead atoms. The smallest absolute Gasteiger partial charge is 0.341 e. The Morgan fingerprint density at radius 1 is 1.40 bits per heavy atom. The topological polar surface area (TPSA) is 74.4 Å². The molecule has 106 valence electrons. The van der Waals surface area contributed by atoms with Crippen LogP contribution in [0.5, 0.6) is 5.75 Å². The van der Waals surface area contributed by atoms with E-state index in [1.54, 1.807) is 29.5 Å². The van der Waals surface area contributed by atoms with Crippen molar-refractivity contribution in [2.75, 3.05) is 12.8 Å². The van der Waals surface area contributed by atoms with E-state index in [0.29, 0.717) is 23.6 Å². The van der Waals surface area contributed by atoms with E-state index in [-0.39, 0.29) is 0 Å². The zero-order valence-corrected chi connectivity index (χ0v) is 12.4. The molecule has 0 spiro atoms. The molecule has 0 atom stereocenters. The number of esters is 1. The number of nitrogens with zero attached hydrogens (tertiary/aromatic N) is 1. The van der Waals surface area contributed by atoms with E-state index in [1.807, 2.05) is 13.8 Å². The molecule has 20 heavy (non-hydrogen) atoms. The van der Waals surface area contributed by atoms with Gasteiger partial charge in [0.05, 0.1) is 12.8 Å². The van der Waals surface area contributed by atoms with Crippen LogP contribution in [0, 0.1) is 13.8 Å². The molecule has 0 saturated carbocycles. The maximum atomic E-state index is 11.7. The lowest BCUT2D eigenvalue weighted by Crippen LogP contribution is -2.06. The second kappa shape index (κ2) is 5.92. The van der Waals surface area contributed by atoms with Crippen molar-refractivity contribution < 1.29 is 14.3 Å².